The summed E-state index contributed by atoms with van der Waals surface area (Å²) in [4.78, 5) is 23.9. The number of esters is 1. The van der Waals surface area contributed by atoms with Gasteiger partial charge in [-0.1, -0.05) is 36.4 Å². The summed E-state index contributed by atoms with van der Waals surface area (Å²) in [6, 6.07) is 20.0. The summed E-state index contributed by atoms with van der Waals surface area (Å²) in [6.07, 6.45) is 0. The molecule has 0 saturated carbocycles. The maximum absolute atomic E-state index is 12.4. The van der Waals surface area contributed by atoms with Crippen molar-refractivity contribution in [2.45, 2.75) is 0 Å². The number of benzene rings is 3. The molecule has 0 radical (unpaired) electrons. The number of rotatable bonds is 5. The summed E-state index contributed by atoms with van der Waals surface area (Å²) in [7, 11) is 1.55. The fourth-order valence-electron chi connectivity index (χ4n) is 2.57. The Labute approximate surface area is 150 Å². The Bertz CT molecular complexity index is 945. The number of carbonyl (C=O) groups is 2. The summed E-state index contributed by atoms with van der Waals surface area (Å²) in [5.74, 6) is -0.649. The molecule has 0 atom stereocenters. The maximum atomic E-state index is 12.4. The van der Waals surface area contributed by atoms with E-state index in [2.05, 4.69) is 0 Å². The van der Waals surface area contributed by atoms with Crippen LogP contribution in [0.2, 0.25) is 0 Å². The van der Waals surface area contributed by atoms with Crippen molar-refractivity contribution in [3.8, 4) is 22.6 Å². The molecule has 0 aromatic heterocycles. The third kappa shape index (κ3) is 3.57. The van der Waals surface area contributed by atoms with Crippen LogP contribution in [0.5, 0.6) is 11.5 Å². The first-order valence-corrected chi connectivity index (χ1v) is 7.88. The van der Waals surface area contributed by atoms with Gasteiger partial charge in [0.2, 0.25) is 0 Å². The number of carbonyl (C=O) groups excluding carboxylic acids is 1. The molecule has 0 amide bonds. The molecular formula is C21H16O5. The lowest BCUT2D eigenvalue weighted by Crippen LogP contribution is -2.09. The number of aromatic carboxylic acids is 1. The normalized spacial score (nSPS) is 10.2. The van der Waals surface area contributed by atoms with Crippen molar-refractivity contribution in [3.63, 3.8) is 0 Å². The lowest BCUT2D eigenvalue weighted by Gasteiger charge is -2.12. The van der Waals surface area contributed by atoms with Gasteiger partial charge in [-0.25, -0.2) is 9.59 Å². The zero-order chi connectivity index (χ0) is 18.5. The zero-order valence-electron chi connectivity index (χ0n) is 14.0. The Balaban J connectivity index is 1.95. The molecule has 3 rings (SSSR count). The molecular weight excluding hydrogens is 332 g/mol. The van der Waals surface area contributed by atoms with Crippen LogP contribution in [-0.2, 0) is 0 Å². The molecule has 0 aliphatic carbocycles. The summed E-state index contributed by atoms with van der Waals surface area (Å²) in [6.45, 7) is 0. The van der Waals surface area contributed by atoms with Gasteiger partial charge < -0.3 is 14.6 Å². The zero-order valence-corrected chi connectivity index (χ0v) is 14.0. The van der Waals surface area contributed by atoms with E-state index in [0.717, 1.165) is 0 Å². The van der Waals surface area contributed by atoms with Crippen molar-refractivity contribution >= 4 is 11.9 Å². The van der Waals surface area contributed by atoms with Crippen LogP contribution in [0.15, 0.2) is 72.8 Å². The van der Waals surface area contributed by atoms with E-state index in [1.807, 2.05) is 0 Å². The maximum Gasteiger partial charge on any atom is 0.343 e. The molecule has 26 heavy (non-hydrogen) atoms. The number of methoxy groups -OCH3 is 1. The van der Waals surface area contributed by atoms with Crippen molar-refractivity contribution in [2.24, 2.45) is 0 Å². The predicted octanol–water partition coefficient (Wildman–Crippen LogP) is 4.28. The smallest absolute Gasteiger partial charge is 0.343 e. The first kappa shape index (κ1) is 17.2. The summed E-state index contributed by atoms with van der Waals surface area (Å²) >= 11 is 0. The lowest BCUT2D eigenvalue weighted by molar-refractivity contribution is 0.0696. The number of carboxylic acids is 1. The second-order valence-corrected chi connectivity index (χ2v) is 5.46. The largest absolute Gasteiger partial charge is 0.497 e. The Kier molecular flexibility index (Phi) is 4.99. The third-order valence-electron chi connectivity index (χ3n) is 3.86. The predicted molar refractivity (Wildman–Crippen MR) is 96.8 cm³/mol. The third-order valence-corrected chi connectivity index (χ3v) is 3.86. The highest BCUT2D eigenvalue weighted by molar-refractivity contribution is 5.98. The van der Waals surface area contributed by atoms with Crippen LogP contribution < -0.4 is 9.47 Å². The van der Waals surface area contributed by atoms with Gasteiger partial charge in [0.1, 0.15) is 11.5 Å². The number of carboxylic acid groups (broad SMARTS) is 1. The second-order valence-electron chi connectivity index (χ2n) is 5.46. The Morgan fingerprint density at radius 2 is 1.42 bits per heavy atom. The Morgan fingerprint density at radius 3 is 2.08 bits per heavy atom. The van der Waals surface area contributed by atoms with E-state index < -0.39 is 11.9 Å². The van der Waals surface area contributed by atoms with Gasteiger partial charge in [-0.2, -0.15) is 0 Å². The van der Waals surface area contributed by atoms with Crippen LogP contribution in [0, 0.1) is 0 Å². The van der Waals surface area contributed by atoms with E-state index in [0.29, 0.717) is 28.2 Å². The summed E-state index contributed by atoms with van der Waals surface area (Å²) in [5, 5.41) is 9.41. The van der Waals surface area contributed by atoms with Crippen LogP contribution in [0.4, 0.5) is 0 Å². The van der Waals surface area contributed by atoms with Crippen LogP contribution in [0.25, 0.3) is 11.1 Å². The van der Waals surface area contributed by atoms with Crippen molar-refractivity contribution in [3.05, 3.63) is 83.9 Å². The molecule has 5 nitrogen and oxygen atoms in total. The fraction of sp³-hybridized carbons (Fsp3) is 0.0476. The van der Waals surface area contributed by atoms with Crippen molar-refractivity contribution in [1.82, 2.24) is 0 Å². The fourth-order valence-corrected chi connectivity index (χ4v) is 2.57. The van der Waals surface area contributed by atoms with E-state index in [-0.39, 0.29) is 5.56 Å². The highest BCUT2D eigenvalue weighted by Gasteiger charge is 2.17. The van der Waals surface area contributed by atoms with Gasteiger partial charge in [-0.3, -0.25) is 0 Å². The molecule has 0 aliphatic rings. The second kappa shape index (κ2) is 7.53. The Hall–Kier alpha value is -3.60. The van der Waals surface area contributed by atoms with Gasteiger partial charge >= 0.3 is 11.9 Å². The van der Waals surface area contributed by atoms with Crippen LogP contribution in [0.3, 0.4) is 0 Å². The van der Waals surface area contributed by atoms with E-state index in [4.69, 9.17) is 9.47 Å². The molecule has 130 valence electrons. The molecule has 0 bridgehead atoms. The van der Waals surface area contributed by atoms with E-state index in [1.54, 1.807) is 73.8 Å². The summed E-state index contributed by atoms with van der Waals surface area (Å²) < 4.78 is 10.6. The number of ether oxygens (including phenoxy) is 2. The standard InChI is InChI=1S/C21H16O5/c1-25-15-12-10-14(11-13-15)21(24)26-19-9-5-4-7-17(19)16-6-2-3-8-18(16)20(22)23/h2-13H,1H3,(H,22,23). The molecule has 0 aliphatic heterocycles. The van der Waals surface area contributed by atoms with Crippen LogP contribution >= 0.6 is 0 Å². The molecule has 0 heterocycles. The van der Waals surface area contributed by atoms with E-state index in [9.17, 15) is 14.7 Å². The average molecular weight is 348 g/mol. The van der Waals surface area contributed by atoms with Crippen molar-refractivity contribution in [2.75, 3.05) is 7.11 Å². The summed E-state index contributed by atoms with van der Waals surface area (Å²) in [5.41, 5.74) is 1.53. The van der Waals surface area contributed by atoms with Gasteiger partial charge in [-0.15, -0.1) is 0 Å². The van der Waals surface area contributed by atoms with Crippen molar-refractivity contribution < 1.29 is 24.2 Å². The van der Waals surface area contributed by atoms with E-state index >= 15 is 0 Å². The number of hydrogen-bond acceptors (Lipinski definition) is 4. The SMILES string of the molecule is COc1ccc(C(=O)Oc2ccccc2-c2ccccc2C(=O)O)cc1. The minimum atomic E-state index is -1.04. The monoisotopic (exact) mass is 348 g/mol. The van der Waals surface area contributed by atoms with E-state index in [1.165, 1.54) is 6.07 Å². The van der Waals surface area contributed by atoms with Gasteiger partial charge in [0.05, 0.1) is 18.2 Å². The highest BCUT2D eigenvalue weighted by atomic mass is 16.5. The molecule has 0 spiro atoms. The molecule has 1 N–H and O–H groups in total. The molecule has 3 aromatic rings. The van der Waals surface area contributed by atoms with Crippen LogP contribution in [-0.4, -0.2) is 24.2 Å². The minimum absolute atomic E-state index is 0.139. The highest BCUT2D eigenvalue weighted by Crippen LogP contribution is 2.33. The van der Waals surface area contributed by atoms with Gasteiger partial charge in [0.25, 0.3) is 0 Å². The molecule has 0 fully saturated rings. The molecule has 3 aromatic carbocycles. The topological polar surface area (TPSA) is 72.8 Å². The first-order chi connectivity index (χ1) is 12.6. The minimum Gasteiger partial charge on any atom is -0.497 e. The Morgan fingerprint density at radius 1 is 0.808 bits per heavy atom. The number of para-hydroxylation sites is 1. The quantitative estimate of drug-likeness (QED) is 0.550. The average Bonchev–Trinajstić information content (AvgIpc) is 2.68. The number of hydrogen-bond donors (Lipinski definition) is 1. The van der Waals surface area contributed by atoms with Gasteiger partial charge in [0, 0.05) is 5.56 Å². The first-order valence-electron chi connectivity index (χ1n) is 7.88. The van der Waals surface area contributed by atoms with Crippen molar-refractivity contribution in [1.29, 1.82) is 0 Å². The molecule has 0 unspecified atom stereocenters. The van der Waals surface area contributed by atoms with Gasteiger partial charge in [-0.05, 0) is 42.0 Å². The lowest BCUT2D eigenvalue weighted by atomic mass is 9.99. The molecule has 0 saturated heterocycles. The van der Waals surface area contributed by atoms with Gasteiger partial charge in [0.15, 0.2) is 0 Å². The molecule has 5 heteroatoms. The van der Waals surface area contributed by atoms with Crippen LogP contribution in [0.1, 0.15) is 20.7 Å².